The minimum absolute atomic E-state index is 0.134. The molecule has 0 radical (unpaired) electrons. The number of fused-ring (bicyclic) bond motifs is 3. The fraction of sp³-hybridized carbons (Fsp3) is 0.182. The monoisotopic (exact) mass is 434 g/mol. The van der Waals surface area contributed by atoms with E-state index in [4.69, 9.17) is 20.9 Å². The van der Waals surface area contributed by atoms with Crippen LogP contribution in [0.5, 0.6) is 0 Å². The van der Waals surface area contributed by atoms with Gasteiger partial charge in [0.15, 0.2) is 18.1 Å². The second-order valence-electron chi connectivity index (χ2n) is 7.14. The highest BCUT2D eigenvalue weighted by Gasteiger charge is 2.18. The van der Waals surface area contributed by atoms with Crippen LogP contribution in [0, 0.1) is 13.8 Å². The predicted octanol–water partition coefficient (Wildman–Crippen LogP) is 4.54. The van der Waals surface area contributed by atoms with Gasteiger partial charge in [-0.1, -0.05) is 35.0 Å². The van der Waals surface area contributed by atoms with Crippen molar-refractivity contribution in [1.82, 2.24) is 24.1 Å². The number of aromatic nitrogens is 5. The number of nitrogens with zero attached hydrogens (tertiary/aromatic N) is 6. The molecule has 0 bridgehead atoms. The number of furan rings is 1. The van der Waals surface area contributed by atoms with E-state index in [9.17, 15) is 0 Å². The van der Waals surface area contributed by atoms with Crippen LogP contribution < -0.4 is 0 Å². The fourth-order valence-corrected chi connectivity index (χ4v) is 3.74. The minimum Gasteiger partial charge on any atom is -0.467 e. The Morgan fingerprint density at radius 2 is 2.03 bits per heavy atom. The first-order valence-electron chi connectivity index (χ1n) is 9.73. The lowest BCUT2D eigenvalue weighted by Crippen LogP contribution is -2.02. The molecule has 0 spiro atoms. The van der Waals surface area contributed by atoms with Crippen LogP contribution in [-0.2, 0) is 18.0 Å². The molecule has 0 N–H and O–H groups in total. The molecule has 0 aliphatic rings. The quantitative estimate of drug-likeness (QED) is 0.289. The van der Waals surface area contributed by atoms with Crippen LogP contribution in [-0.4, -0.2) is 30.4 Å². The van der Waals surface area contributed by atoms with E-state index >= 15 is 0 Å². The lowest BCUT2D eigenvalue weighted by Gasteiger charge is -2.05. The highest BCUT2D eigenvalue weighted by molar-refractivity contribution is 6.33. The summed E-state index contributed by atoms with van der Waals surface area (Å²) >= 11 is 6.11. The molecule has 0 saturated carbocycles. The van der Waals surface area contributed by atoms with Gasteiger partial charge >= 0.3 is 0 Å². The number of halogens is 1. The van der Waals surface area contributed by atoms with Crippen molar-refractivity contribution in [1.29, 1.82) is 0 Å². The van der Waals surface area contributed by atoms with E-state index in [2.05, 4.69) is 38.6 Å². The van der Waals surface area contributed by atoms with E-state index in [1.54, 1.807) is 29.4 Å². The summed E-state index contributed by atoms with van der Waals surface area (Å²) in [6.45, 7) is 4.87. The molecular weight excluding hydrogens is 416 g/mol. The molecular formula is C22H19ClN6O2. The van der Waals surface area contributed by atoms with Crippen LogP contribution in [0.3, 0.4) is 0 Å². The van der Waals surface area contributed by atoms with Crippen molar-refractivity contribution in [2.75, 3.05) is 0 Å². The van der Waals surface area contributed by atoms with Crippen molar-refractivity contribution in [2.24, 2.45) is 5.16 Å². The van der Waals surface area contributed by atoms with Crippen LogP contribution >= 0.6 is 11.6 Å². The second-order valence-corrected chi connectivity index (χ2v) is 7.55. The van der Waals surface area contributed by atoms with Gasteiger partial charge in [0, 0.05) is 16.3 Å². The van der Waals surface area contributed by atoms with Crippen LogP contribution in [0.2, 0.25) is 5.02 Å². The number of hydrogen-bond acceptors (Lipinski definition) is 6. The van der Waals surface area contributed by atoms with Gasteiger partial charge < -0.3 is 13.8 Å². The number of aryl methyl sites for hydroxylation is 1. The van der Waals surface area contributed by atoms with Crippen LogP contribution in [0.4, 0.5) is 0 Å². The van der Waals surface area contributed by atoms with Crippen molar-refractivity contribution in [3.05, 3.63) is 82.4 Å². The highest BCUT2D eigenvalue weighted by Crippen LogP contribution is 2.27. The van der Waals surface area contributed by atoms with Gasteiger partial charge in [0.25, 0.3) is 0 Å². The van der Waals surface area contributed by atoms with E-state index in [0.717, 1.165) is 39.3 Å². The first kappa shape index (κ1) is 19.3. The average Bonchev–Trinajstić information content (AvgIpc) is 3.48. The molecule has 156 valence electrons. The van der Waals surface area contributed by atoms with Gasteiger partial charge in [-0.2, -0.15) is 0 Å². The maximum Gasteiger partial charge on any atom is 0.192 e. The van der Waals surface area contributed by atoms with Crippen molar-refractivity contribution in [3.63, 3.8) is 0 Å². The summed E-state index contributed by atoms with van der Waals surface area (Å²) in [5.41, 5.74) is 4.57. The van der Waals surface area contributed by atoms with Gasteiger partial charge in [0.05, 0.1) is 24.4 Å². The van der Waals surface area contributed by atoms with Gasteiger partial charge in [-0.05, 0) is 37.6 Å². The Balaban J connectivity index is 1.43. The Morgan fingerprint density at radius 1 is 1.16 bits per heavy atom. The second kappa shape index (κ2) is 7.88. The molecule has 0 aliphatic carbocycles. The van der Waals surface area contributed by atoms with Crippen molar-refractivity contribution in [3.8, 4) is 0 Å². The molecule has 9 heteroatoms. The predicted molar refractivity (Wildman–Crippen MR) is 117 cm³/mol. The Hall–Kier alpha value is -3.65. The minimum atomic E-state index is 0.134. The zero-order chi connectivity index (χ0) is 21.4. The smallest absolute Gasteiger partial charge is 0.192 e. The van der Waals surface area contributed by atoms with Crippen LogP contribution in [0.15, 0.2) is 58.6 Å². The van der Waals surface area contributed by atoms with Gasteiger partial charge in [-0.25, -0.2) is 14.5 Å². The first-order chi connectivity index (χ1) is 15.1. The van der Waals surface area contributed by atoms with Crippen molar-refractivity contribution >= 4 is 34.5 Å². The number of oxime groups is 1. The molecule has 8 nitrogen and oxygen atoms in total. The van der Waals surface area contributed by atoms with Gasteiger partial charge in [-0.15, -0.1) is 5.10 Å². The summed E-state index contributed by atoms with van der Waals surface area (Å²) in [4.78, 5) is 14.7. The number of hydrogen-bond donors (Lipinski definition) is 0. The Labute approximate surface area is 182 Å². The summed E-state index contributed by atoms with van der Waals surface area (Å²) < 4.78 is 9.31. The number of benzene rings is 1. The lowest BCUT2D eigenvalue weighted by atomic mass is 10.2. The normalized spacial score (nSPS) is 11.8. The molecule has 4 aromatic heterocycles. The topological polar surface area (TPSA) is 82.7 Å². The van der Waals surface area contributed by atoms with E-state index in [1.807, 2.05) is 30.3 Å². The third-order valence-electron chi connectivity index (χ3n) is 5.25. The molecule has 0 atom stereocenters. The van der Waals surface area contributed by atoms with E-state index in [0.29, 0.717) is 17.4 Å². The Kier molecular flexibility index (Phi) is 4.91. The molecule has 31 heavy (non-hydrogen) atoms. The SMILES string of the molecule is Cc1c(C)n(Cc2ccco2)c2ncn3nc(CON=Cc4ccccc4Cl)nc3c12. The Bertz CT molecular complexity index is 1400. The Morgan fingerprint density at radius 3 is 2.84 bits per heavy atom. The van der Waals surface area contributed by atoms with Gasteiger partial charge in [0.1, 0.15) is 17.7 Å². The molecule has 4 heterocycles. The standard InChI is InChI=1S/C22H19ClN6O2/c1-14-15(2)28(11-17-7-5-9-30-17)21-20(14)22-26-19(27-29(22)13-24-21)12-31-25-10-16-6-3-4-8-18(16)23/h3-10,13H,11-12H2,1-2H3. The van der Waals surface area contributed by atoms with Gasteiger partial charge in [0.2, 0.25) is 0 Å². The first-order valence-corrected chi connectivity index (χ1v) is 10.1. The summed E-state index contributed by atoms with van der Waals surface area (Å²) in [6.07, 6.45) is 4.91. The number of rotatable bonds is 6. The maximum atomic E-state index is 6.11. The average molecular weight is 435 g/mol. The molecule has 0 aliphatic heterocycles. The van der Waals surface area contributed by atoms with Gasteiger partial charge in [-0.3, -0.25) is 0 Å². The molecule has 0 unspecified atom stereocenters. The summed E-state index contributed by atoms with van der Waals surface area (Å²) in [5.74, 6) is 1.38. The third-order valence-corrected chi connectivity index (χ3v) is 5.59. The summed E-state index contributed by atoms with van der Waals surface area (Å²) in [6, 6.07) is 11.2. The van der Waals surface area contributed by atoms with Crippen LogP contribution in [0.1, 0.15) is 28.4 Å². The zero-order valence-electron chi connectivity index (χ0n) is 17.0. The zero-order valence-corrected chi connectivity index (χ0v) is 17.7. The summed E-state index contributed by atoms with van der Waals surface area (Å²) in [5, 5.41) is 10.0. The van der Waals surface area contributed by atoms with E-state index in [-0.39, 0.29) is 6.61 Å². The highest BCUT2D eigenvalue weighted by atomic mass is 35.5. The van der Waals surface area contributed by atoms with Crippen molar-refractivity contribution in [2.45, 2.75) is 27.0 Å². The molecule has 5 rings (SSSR count). The molecule has 5 aromatic rings. The van der Waals surface area contributed by atoms with Crippen LogP contribution in [0.25, 0.3) is 16.7 Å². The largest absolute Gasteiger partial charge is 0.467 e. The fourth-order valence-electron chi connectivity index (χ4n) is 3.56. The van der Waals surface area contributed by atoms with E-state index in [1.165, 1.54) is 0 Å². The third kappa shape index (κ3) is 3.55. The molecule has 0 saturated heterocycles. The summed E-state index contributed by atoms with van der Waals surface area (Å²) in [7, 11) is 0. The molecule has 0 fully saturated rings. The van der Waals surface area contributed by atoms with Crippen molar-refractivity contribution < 1.29 is 9.25 Å². The lowest BCUT2D eigenvalue weighted by molar-refractivity contribution is 0.126. The maximum absolute atomic E-state index is 6.11. The molecule has 0 amide bonds. The van der Waals surface area contributed by atoms with E-state index < -0.39 is 0 Å². The molecule has 1 aromatic carbocycles.